The number of aromatic hydroxyl groups is 7. The summed E-state index contributed by atoms with van der Waals surface area (Å²) in [5.74, 6) is -9.46. The average molecular weight is 717 g/mol. The third-order valence-corrected chi connectivity index (χ3v) is 7.63. The summed E-state index contributed by atoms with van der Waals surface area (Å²) >= 11 is 0. The Hall–Kier alpha value is -7.36. The zero-order chi connectivity index (χ0) is 37.9. The van der Waals surface area contributed by atoms with Crippen LogP contribution in [0, 0.1) is 0 Å². The van der Waals surface area contributed by atoms with Crippen LogP contribution in [0.2, 0.25) is 0 Å². The Labute approximate surface area is 291 Å². The number of aliphatic carboxylic acids is 2. The number of carbonyl (C=O) groups is 4. The Balaban J connectivity index is 1.49. The molecule has 0 unspecified atom stereocenters. The first-order chi connectivity index (χ1) is 24.6. The fourth-order valence-electron chi connectivity index (χ4n) is 5.08. The molecule has 16 heteroatoms. The lowest BCUT2D eigenvalue weighted by Crippen LogP contribution is -2.29. The van der Waals surface area contributed by atoms with E-state index in [9.17, 15) is 65.1 Å². The van der Waals surface area contributed by atoms with Crippen LogP contribution in [0.4, 0.5) is 0 Å². The van der Waals surface area contributed by atoms with Gasteiger partial charge < -0.3 is 59.8 Å². The number of benzene rings is 4. The first-order valence-electron chi connectivity index (χ1n) is 15.0. The highest BCUT2D eigenvalue weighted by Crippen LogP contribution is 2.41. The summed E-state index contributed by atoms with van der Waals surface area (Å²) in [6, 6.07) is 12.8. The van der Waals surface area contributed by atoms with Gasteiger partial charge in [-0.15, -0.1) is 0 Å². The third-order valence-electron chi connectivity index (χ3n) is 7.63. The maximum atomic E-state index is 13.7. The van der Waals surface area contributed by atoms with Crippen LogP contribution in [0.1, 0.15) is 27.0 Å². The molecule has 0 saturated carbocycles. The SMILES string of the molecule is O=C(C=Cc1cc(O)c2oc(-c3ccc(O)c(O)c3)c(C(=O)O[C@H](Cc3ccc(O)c(O)c3)C(=O)O)c2c1)O[C@H](Cc1ccc(O)c(O)c1)C(=O)O. The van der Waals surface area contributed by atoms with Gasteiger partial charge in [0.2, 0.25) is 12.2 Å². The minimum absolute atomic E-state index is 0.00416. The number of rotatable bonds is 12. The lowest BCUT2D eigenvalue weighted by Gasteiger charge is -2.15. The number of esters is 2. The second kappa shape index (κ2) is 14.6. The van der Waals surface area contributed by atoms with Crippen molar-refractivity contribution >= 4 is 40.9 Å². The number of carboxylic acid groups (broad SMARTS) is 2. The maximum absolute atomic E-state index is 13.7. The van der Waals surface area contributed by atoms with Crippen molar-refractivity contribution in [3.63, 3.8) is 0 Å². The number of hydrogen-bond donors (Lipinski definition) is 9. The summed E-state index contributed by atoms with van der Waals surface area (Å²) in [6.45, 7) is 0. The molecule has 1 aromatic heterocycles. The smallest absolute Gasteiger partial charge is 0.345 e. The summed E-state index contributed by atoms with van der Waals surface area (Å²) < 4.78 is 16.2. The first kappa shape index (κ1) is 35.9. The molecule has 52 heavy (non-hydrogen) atoms. The Morgan fingerprint density at radius 1 is 0.615 bits per heavy atom. The van der Waals surface area contributed by atoms with Gasteiger partial charge in [-0.25, -0.2) is 19.2 Å². The van der Waals surface area contributed by atoms with Crippen LogP contribution in [0.5, 0.6) is 40.2 Å². The van der Waals surface area contributed by atoms with Crippen molar-refractivity contribution in [3.8, 4) is 51.6 Å². The van der Waals surface area contributed by atoms with Crippen molar-refractivity contribution in [2.45, 2.75) is 25.0 Å². The van der Waals surface area contributed by atoms with E-state index >= 15 is 0 Å². The van der Waals surface area contributed by atoms with Crippen molar-refractivity contribution in [1.82, 2.24) is 0 Å². The van der Waals surface area contributed by atoms with Gasteiger partial charge in [0.1, 0.15) is 11.3 Å². The number of carbonyl (C=O) groups excluding carboxylic acids is 2. The fraction of sp³-hybridized carbons (Fsp3) is 0.111. The average Bonchev–Trinajstić information content (AvgIpc) is 3.48. The Bertz CT molecular complexity index is 2250. The number of phenolic OH excluding ortho intramolecular Hbond substituents is 7. The molecule has 0 aliphatic heterocycles. The minimum Gasteiger partial charge on any atom is -0.504 e. The molecule has 5 aromatic rings. The Kier molecular flexibility index (Phi) is 10.1. The van der Waals surface area contributed by atoms with E-state index in [0.717, 1.165) is 54.6 Å². The number of hydrogen-bond acceptors (Lipinski definition) is 14. The predicted octanol–water partition coefficient (Wildman–Crippen LogP) is 4.14. The molecule has 0 aliphatic carbocycles. The van der Waals surface area contributed by atoms with E-state index in [4.69, 9.17) is 13.9 Å². The lowest BCUT2D eigenvalue weighted by atomic mass is 10.0. The van der Waals surface area contributed by atoms with E-state index in [1.54, 1.807) is 0 Å². The molecule has 4 aromatic carbocycles. The summed E-state index contributed by atoms with van der Waals surface area (Å²) in [4.78, 5) is 50.3. The molecule has 0 saturated heterocycles. The molecule has 16 nitrogen and oxygen atoms in total. The maximum Gasteiger partial charge on any atom is 0.345 e. The quantitative estimate of drug-likeness (QED) is 0.0498. The standard InChI is InChI=1S/C36H28O16/c37-21-5-1-17(10-24(21)40)13-28(34(45)46)50-30(44)8-3-16-9-20-31(32(52-33(20)27(43)12-16)19-4-7-23(39)26(42)15-19)36(49)51-29(35(47)48)14-18-2-6-22(38)25(41)11-18/h1-12,15,28-29,37-43H,13-14H2,(H,45,46)(H,47,48)/t28-,29-/m1/s1. The van der Waals surface area contributed by atoms with Crippen LogP contribution in [0.25, 0.3) is 28.4 Å². The number of fused-ring (bicyclic) bond motifs is 1. The predicted molar refractivity (Wildman–Crippen MR) is 177 cm³/mol. The fourth-order valence-corrected chi connectivity index (χ4v) is 5.08. The monoisotopic (exact) mass is 716 g/mol. The molecule has 0 fully saturated rings. The highest BCUT2D eigenvalue weighted by molar-refractivity contribution is 6.11. The molecular formula is C36H28O16. The van der Waals surface area contributed by atoms with Crippen molar-refractivity contribution in [1.29, 1.82) is 0 Å². The highest BCUT2D eigenvalue weighted by Gasteiger charge is 2.31. The second-order valence-corrected chi connectivity index (χ2v) is 11.3. The highest BCUT2D eigenvalue weighted by atomic mass is 16.6. The van der Waals surface area contributed by atoms with Gasteiger partial charge in [-0.1, -0.05) is 12.1 Å². The van der Waals surface area contributed by atoms with Gasteiger partial charge in [0.05, 0.1) is 0 Å². The van der Waals surface area contributed by atoms with Crippen LogP contribution in [0.15, 0.2) is 77.2 Å². The molecule has 0 spiro atoms. The van der Waals surface area contributed by atoms with Crippen molar-refractivity contribution in [2.24, 2.45) is 0 Å². The van der Waals surface area contributed by atoms with Crippen molar-refractivity contribution in [2.75, 3.05) is 0 Å². The van der Waals surface area contributed by atoms with E-state index in [1.807, 2.05) is 0 Å². The molecule has 0 bridgehead atoms. The summed E-state index contributed by atoms with van der Waals surface area (Å²) in [5.41, 5.74) is -0.279. The van der Waals surface area contributed by atoms with E-state index in [0.29, 0.717) is 0 Å². The van der Waals surface area contributed by atoms with Crippen LogP contribution in [-0.2, 0) is 36.7 Å². The first-order valence-corrected chi connectivity index (χ1v) is 15.0. The largest absolute Gasteiger partial charge is 0.504 e. The van der Waals surface area contributed by atoms with Crippen LogP contribution in [-0.4, -0.2) is 82.0 Å². The third kappa shape index (κ3) is 7.92. The summed E-state index contributed by atoms with van der Waals surface area (Å²) in [5, 5.41) is 88.7. The molecule has 2 atom stereocenters. The van der Waals surface area contributed by atoms with Crippen molar-refractivity contribution in [3.05, 3.63) is 95.1 Å². The number of furan rings is 1. The Morgan fingerprint density at radius 2 is 1.13 bits per heavy atom. The molecule has 0 radical (unpaired) electrons. The van der Waals surface area contributed by atoms with E-state index in [2.05, 4.69) is 0 Å². The van der Waals surface area contributed by atoms with E-state index < -0.39 is 88.3 Å². The van der Waals surface area contributed by atoms with Gasteiger partial charge >= 0.3 is 23.9 Å². The van der Waals surface area contributed by atoms with Gasteiger partial charge in [-0.05, 0) is 77.4 Å². The van der Waals surface area contributed by atoms with Gasteiger partial charge in [0.15, 0.2) is 45.8 Å². The van der Waals surface area contributed by atoms with Gasteiger partial charge in [-0.3, -0.25) is 0 Å². The number of carboxylic acids is 2. The lowest BCUT2D eigenvalue weighted by molar-refractivity contribution is -0.160. The topological polar surface area (TPSA) is 282 Å². The molecule has 1 heterocycles. The molecule has 0 amide bonds. The zero-order valence-electron chi connectivity index (χ0n) is 26.5. The van der Waals surface area contributed by atoms with Gasteiger partial charge in [0, 0.05) is 29.9 Å². The van der Waals surface area contributed by atoms with Gasteiger partial charge in [-0.2, -0.15) is 0 Å². The van der Waals surface area contributed by atoms with Crippen LogP contribution in [0.3, 0.4) is 0 Å². The molecule has 268 valence electrons. The summed E-state index contributed by atoms with van der Waals surface area (Å²) in [6.07, 6.45) is -2.43. The van der Waals surface area contributed by atoms with Crippen molar-refractivity contribution < 1.29 is 79.0 Å². The number of phenols is 7. The van der Waals surface area contributed by atoms with Gasteiger partial charge in [0.25, 0.3) is 0 Å². The number of ether oxygens (including phenoxy) is 2. The minimum atomic E-state index is -1.85. The molecule has 0 aliphatic rings. The zero-order valence-corrected chi connectivity index (χ0v) is 26.5. The Morgan fingerprint density at radius 3 is 1.65 bits per heavy atom. The van der Waals surface area contributed by atoms with E-state index in [-0.39, 0.29) is 45.4 Å². The molecule has 5 rings (SSSR count). The second-order valence-electron chi connectivity index (χ2n) is 11.3. The van der Waals surface area contributed by atoms with Crippen LogP contribution < -0.4 is 0 Å². The van der Waals surface area contributed by atoms with Crippen LogP contribution >= 0.6 is 0 Å². The molecule has 9 N–H and O–H groups in total. The summed E-state index contributed by atoms with van der Waals surface area (Å²) in [7, 11) is 0. The molecular weight excluding hydrogens is 688 g/mol. The van der Waals surface area contributed by atoms with E-state index in [1.165, 1.54) is 24.3 Å². The normalized spacial score (nSPS) is 12.4.